The van der Waals surface area contributed by atoms with E-state index in [0.29, 0.717) is 5.92 Å². The largest absolute Gasteiger partial charge is 0.390 e. The van der Waals surface area contributed by atoms with Gasteiger partial charge in [-0.25, -0.2) is 0 Å². The standard InChI is InChI=1S/C12H24O/c1-4-10(5-2)11-8-6-7-9-12(11,3)13/h10-11,13H,4-9H2,1-3H3. The molecule has 1 saturated carbocycles. The summed E-state index contributed by atoms with van der Waals surface area (Å²) in [6.07, 6.45) is 7.21. The summed E-state index contributed by atoms with van der Waals surface area (Å²) < 4.78 is 0. The van der Waals surface area contributed by atoms with E-state index >= 15 is 0 Å². The van der Waals surface area contributed by atoms with Gasteiger partial charge in [0.15, 0.2) is 0 Å². The van der Waals surface area contributed by atoms with Crippen molar-refractivity contribution >= 4 is 0 Å². The molecular formula is C12H24O. The van der Waals surface area contributed by atoms with E-state index in [4.69, 9.17) is 0 Å². The average molecular weight is 184 g/mol. The van der Waals surface area contributed by atoms with Crippen LogP contribution in [0.1, 0.15) is 59.3 Å². The van der Waals surface area contributed by atoms with Gasteiger partial charge in [-0.1, -0.05) is 39.5 Å². The van der Waals surface area contributed by atoms with Crippen LogP contribution in [0.4, 0.5) is 0 Å². The van der Waals surface area contributed by atoms with Gasteiger partial charge in [0.2, 0.25) is 0 Å². The molecule has 2 unspecified atom stereocenters. The quantitative estimate of drug-likeness (QED) is 0.713. The lowest BCUT2D eigenvalue weighted by molar-refractivity contribution is -0.0576. The monoisotopic (exact) mass is 184 g/mol. The van der Waals surface area contributed by atoms with Crippen molar-refractivity contribution in [1.82, 2.24) is 0 Å². The molecule has 0 aliphatic heterocycles. The minimum absolute atomic E-state index is 0.380. The van der Waals surface area contributed by atoms with Gasteiger partial charge >= 0.3 is 0 Å². The predicted molar refractivity (Wildman–Crippen MR) is 56.7 cm³/mol. The molecule has 1 rings (SSSR count). The maximum atomic E-state index is 10.3. The summed E-state index contributed by atoms with van der Waals surface area (Å²) in [6.45, 7) is 6.53. The first-order chi connectivity index (χ1) is 6.11. The lowest BCUT2D eigenvalue weighted by atomic mass is 9.69. The van der Waals surface area contributed by atoms with Crippen LogP contribution >= 0.6 is 0 Å². The molecule has 1 aliphatic carbocycles. The van der Waals surface area contributed by atoms with Crippen LogP contribution in [0, 0.1) is 11.8 Å². The van der Waals surface area contributed by atoms with Crippen LogP contribution < -0.4 is 0 Å². The number of aliphatic hydroxyl groups is 1. The zero-order valence-corrected chi connectivity index (χ0v) is 9.34. The van der Waals surface area contributed by atoms with Gasteiger partial charge in [-0.2, -0.15) is 0 Å². The highest BCUT2D eigenvalue weighted by molar-refractivity contribution is 4.89. The molecule has 0 heterocycles. The fraction of sp³-hybridized carbons (Fsp3) is 1.00. The summed E-state index contributed by atoms with van der Waals surface area (Å²) in [7, 11) is 0. The Morgan fingerprint density at radius 3 is 2.38 bits per heavy atom. The number of hydrogen-bond acceptors (Lipinski definition) is 1. The van der Waals surface area contributed by atoms with E-state index in [1.54, 1.807) is 0 Å². The predicted octanol–water partition coefficient (Wildman–Crippen LogP) is 3.36. The Morgan fingerprint density at radius 1 is 1.31 bits per heavy atom. The minimum Gasteiger partial charge on any atom is -0.390 e. The van der Waals surface area contributed by atoms with E-state index in [-0.39, 0.29) is 5.60 Å². The Balaban J connectivity index is 2.63. The highest BCUT2D eigenvalue weighted by atomic mass is 16.3. The van der Waals surface area contributed by atoms with E-state index in [1.165, 1.54) is 32.1 Å². The van der Waals surface area contributed by atoms with E-state index < -0.39 is 0 Å². The fourth-order valence-electron chi connectivity index (χ4n) is 2.94. The molecule has 1 nitrogen and oxygen atoms in total. The summed E-state index contributed by atoms with van der Waals surface area (Å²) in [5.74, 6) is 1.28. The first-order valence-electron chi connectivity index (χ1n) is 5.84. The first-order valence-corrected chi connectivity index (χ1v) is 5.84. The molecule has 0 aromatic rings. The van der Waals surface area contributed by atoms with Crippen molar-refractivity contribution in [3.63, 3.8) is 0 Å². The molecule has 78 valence electrons. The van der Waals surface area contributed by atoms with Crippen molar-refractivity contribution in [2.75, 3.05) is 0 Å². The van der Waals surface area contributed by atoms with Crippen LogP contribution in [0.25, 0.3) is 0 Å². The van der Waals surface area contributed by atoms with Crippen molar-refractivity contribution in [3.8, 4) is 0 Å². The lowest BCUT2D eigenvalue weighted by Gasteiger charge is -2.41. The van der Waals surface area contributed by atoms with Crippen molar-refractivity contribution in [2.45, 2.75) is 64.9 Å². The summed E-state index contributed by atoms with van der Waals surface area (Å²) in [4.78, 5) is 0. The molecule has 0 amide bonds. The molecule has 2 atom stereocenters. The van der Waals surface area contributed by atoms with Gasteiger partial charge in [-0.15, -0.1) is 0 Å². The van der Waals surface area contributed by atoms with E-state index in [2.05, 4.69) is 13.8 Å². The summed E-state index contributed by atoms with van der Waals surface area (Å²) in [6, 6.07) is 0. The van der Waals surface area contributed by atoms with Crippen LogP contribution in [-0.2, 0) is 0 Å². The lowest BCUT2D eigenvalue weighted by Crippen LogP contribution is -2.41. The third-order valence-electron chi connectivity index (χ3n) is 3.86. The molecule has 0 saturated heterocycles. The molecule has 0 bridgehead atoms. The second kappa shape index (κ2) is 4.45. The van der Waals surface area contributed by atoms with Crippen LogP contribution in [0.15, 0.2) is 0 Å². The molecule has 0 aromatic carbocycles. The number of hydrogen-bond donors (Lipinski definition) is 1. The van der Waals surface area contributed by atoms with Gasteiger partial charge in [-0.05, 0) is 31.6 Å². The van der Waals surface area contributed by atoms with Crippen LogP contribution in [-0.4, -0.2) is 10.7 Å². The molecule has 0 radical (unpaired) electrons. The van der Waals surface area contributed by atoms with Crippen LogP contribution in [0.2, 0.25) is 0 Å². The summed E-state index contributed by atoms with van der Waals surface area (Å²) >= 11 is 0. The molecule has 1 heteroatoms. The Labute approximate surface area is 82.5 Å². The van der Waals surface area contributed by atoms with E-state index in [9.17, 15) is 5.11 Å². The molecule has 1 aliphatic rings. The zero-order valence-electron chi connectivity index (χ0n) is 9.34. The van der Waals surface area contributed by atoms with E-state index in [0.717, 1.165) is 12.3 Å². The molecule has 0 spiro atoms. The van der Waals surface area contributed by atoms with Crippen molar-refractivity contribution in [1.29, 1.82) is 0 Å². The third-order valence-corrected chi connectivity index (χ3v) is 3.86. The second-order valence-corrected chi connectivity index (χ2v) is 4.79. The third kappa shape index (κ3) is 2.46. The molecule has 1 fully saturated rings. The second-order valence-electron chi connectivity index (χ2n) is 4.79. The van der Waals surface area contributed by atoms with Gasteiger partial charge in [0, 0.05) is 0 Å². The first kappa shape index (κ1) is 11.0. The molecule has 1 N–H and O–H groups in total. The number of rotatable bonds is 3. The maximum Gasteiger partial charge on any atom is 0.0650 e. The highest BCUT2D eigenvalue weighted by Gasteiger charge is 2.37. The van der Waals surface area contributed by atoms with Gasteiger partial charge in [0.05, 0.1) is 5.60 Å². The Morgan fingerprint density at radius 2 is 1.92 bits per heavy atom. The Kier molecular flexibility index (Phi) is 3.78. The molecule has 13 heavy (non-hydrogen) atoms. The summed E-state index contributed by atoms with van der Waals surface area (Å²) in [5.41, 5.74) is -0.380. The van der Waals surface area contributed by atoms with Crippen molar-refractivity contribution in [3.05, 3.63) is 0 Å². The summed E-state index contributed by atoms with van der Waals surface area (Å²) in [5, 5.41) is 10.3. The highest BCUT2D eigenvalue weighted by Crippen LogP contribution is 2.40. The maximum absolute atomic E-state index is 10.3. The normalized spacial score (nSPS) is 35.3. The van der Waals surface area contributed by atoms with Gasteiger partial charge in [0.25, 0.3) is 0 Å². The Bertz CT molecular complexity index is 147. The van der Waals surface area contributed by atoms with Gasteiger partial charge < -0.3 is 5.11 Å². The van der Waals surface area contributed by atoms with Gasteiger partial charge in [0.1, 0.15) is 0 Å². The Hall–Kier alpha value is -0.0400. The van der Waals surface area contributed by atoms with Crippen molar-refractivity contribution in [2.24, 2.45) is 11.8 Å². The van der Waals surface area contributed by atoms with Gasteiger partial charge in [-0.3, -0.25) is 0 Å². The van der Waals surface area contributed by atoms with Crippen LogP contribution in [0.3, 0.4) is 0 Å². The topological polar surface area (TPSA) is 20.2 Å². The average Bonchev–Trinajstić information content (AvgIpc) is 2.09. The van der Waals surface area contributed by atoms with Crippen molar-refractivity contribution < 1.29 is 5.11 Å². The minimum atomic E-state index is -0.380. The molecule has 0 aromatic heterocycles. The molecular weight excluding hydrogens is 160 g/mol. The SMILES string of the molecule is CCC(CC)C1CCCCC1(C)O. The fourth-order valence-corrected chi connectivity index (χ4v) is 2.94. The van der Waals surface area contributed by atoms with E-state index in [1.807, 2.05) is 6.92 Å². The smallest absolute Gasteiger partial charge is 0.0650 e. The zero-order chi connectivity index (χ0) is 9.90. The van der Waals surface area contributed by atoms with Crippen LogP contribution in [0.5, 0.6) is 0 Å².